The van der Waals surface area contributed by atoms with Crippen molar-refractivity contribution in [1.29, 1.82) is 0 Å². The topological polar surface area (TPSA) is 38.7 Å². The molecule has 0 amide bonds. The van der Waals surface area contributed by atoms with E-state index in [4.69, 9.17) is 9.47 Å². The lowest BCUT2D eigenvalue weighted by Crippen LogP contribution is -2.43. The van der Waals surface area contributed by atoms with Gasteiger partial charge < -0.3 is 14.6 Å². The lowest BCUT2D eigenvalue weighted by molar-refractivity contribution is 0.0510. The molecule has 1 rings (SSSR count). The fourth-order valence-electron chi connectivity index (χ4n) is 3.65. The maximum absolute atomic E-state index is 10.6. The Morgan fingerprint density at radius 1 is 1.08 bits per heavy atom. The van der Waals surface area contributed by atoms with Gasteiger partial charge in [0.05, 0.1) is 0 Å². The van der Waals surface area contributed by atoms with Gasteiger partial charge in [-0.2, -0.15) is 0 Å². The zero-order valence-corrected chi connectivity index (χ0v) is 19.0. The van der Waals surface area contributed by atoms with Crippen LogP contribution in [0.3, 0.4) is 0 Å². The zero-order valence-electron chi connectivity index (χ0n) is 16.4. The van der Waals surface area contributed by atoms with Crippen molar-refractivity contribution < 1.29 is 14.6 Å². The van der Waals surface area contributed by atoms with E-state index in [2.05, 4.69) is 68.9 Å². The molecule has 0 saturated carbocycles. The zero-order chi connectivity index (χ0) is 19.2. The SMILES string of the molecule is COCOc1ccc(C(O)C#C[Si](C(C)C)(C(C)C)C(C)C)c(Br)c1. The molecule has 5 heteroatoms. The molecule has 1 unspecified atom stereocenters. The third-order valence-electron chi connectivity index (χ3n) is 4.90. The molecule has 140 valence electrons. The molecular formula is C20H31BrO3Si. The maximum Gasteiger partial charge on any atom is 0.188 e. The molecule has 0 radical (unpaired) electrons. The van der Waals surface area contributed by atoms with Crippen molar-refractivity contribution in [2.75, 3.05) is 13.9 Å². The van der Waals surface area contributed by atoms with Gasteiger partial charge in [0.25, 0.3) is 0 Å². The van der Waals surface area contributed by atoms with Gasteiger partial charge in [0, 0.05) is 17.1 Å². The van der Waals surface area contributed by atoms with E-state index in [1.807, 2.05) is 18.2 Å². The Bertz CT molecular complexity index is 595. The van der Waals surface area contributed by atoms with Crippen LogP contribution < -0.4 is 4.74 Å². The molecule has 0 aliphatic heterocycles. The normalized spacial score (nSPS) is 13.1. The highest BCUT2D eigenvalue weighted by Gasteiger charge is 2.41. The van der Waals surface area contributed by atoms with Crippen LogP contribution in [0.15, 0.2) is 22.7 Å². The number of ether oxygens (including phenoxy) is 2. The van der Waals surface area contributed by atoms with Crippen LogP contribution in [0.25, 0.3) is 0 Å². The third-order valence-corrected chi connectivity index (χ3v) is 11.9. The van der Waals surface area contributed by atoms with Crippen molar-refractivity contribution >= 4 is 24.0 Å². The Hall–Kier alpha value is -0.803. The van der Waals surface area contributed by atoms with E-state index in [0.717, 1.165) is 10.0 Å². The van der Waals surface area contributed by atoms with Crippen molar-refractivity contribution in [3.05, 3.63) is 28.2 Å². The molecule has 3 nitrogen and oxygen atoms in total. The number of hydrogen-bond donors (Lipinski definition) is 1. The van der Waals surface area contributed by atoms with E-state index in [0.29, 0.717) is 22.4 Å². The van der Waals surface area contributed by atoms with Gasteiger partial charge in [0.2, 0.25) is 0 Å². The Kier molecular flexibility index (Phi) is 8.69. The molecule has 0 saturated heterocycles. The number of aliphatic hydroxyl groups excluding tert-OH is 1. The molecule has 1 aromatic carbocycles. The Balaban J connectivity index is 3.13. The average Bonchev–Trinajstić information content (AvgIpc) is 2.52. The number of methoxy groups -OCH3 is 1. The number of benzene rings is 1. The number of aliphatic hydroxyl groups is 1. The second-order valence-electron chi connectivity index (χ2n) is 7.30. The first-order chi connectivity index (χ1) is 11.7. The van der Waals surface area contributed by atoms with Gasteiger partial charge in [0.1, 0.15) is 19.9 Å². The minimum atomic E-state index is -1.85. The highest BCUT2D eigenvalue weighted by Crippen LogP contribution is 2.41. The summed E-state index contributed by atoms with van der Waals surface area (Å²) >= 11 is 3.51. The van der Waals surface area contributed by atoms with Crippen LogP contribution in [0, 0.1) is 11.5 Å². The van der Waals surface area contributed by atoms with Crippen molar-refractivity contribution in [3.63, 3.8) is 0 Å². The molecule has 1 N–H and O–H groups in total. The fraction of sp³-hybridized carbons (Fsp3) is 0.600. The summed E-state index contributed by atoms with van der Waals surface area (Å²) in [6.07, 6.45) is -0.811. The first kappa shape index (κ1) is 22.2. The summed E-state index contributed by atoms with van der Waals surface area (Å²) in [6.45, 7) is 13.8. The molecule has 1 atom stereocenters. The fourth-order valence-corrected chi connectivity index (χ4v) is 9.48. The molecule has 0 bridgehead atoms. The molecule has 1 aromatic rings. The molecule has 0 spiro atoms. The van der Waals surface area contributed by atoms with Gasteiger partial charge in [-0.25, -0.2) is 0 Å². The lowest BCUT2D eigenvalue weighted by atomic mass is 10.1. The van der Waals surface area contributed by atoms with Gasteiger partial charge in [-0.15, -0.1) is 5.54 Å². The van der Waals surface area contributed by atoms with E-state index < -0.39 is 14.2 Å². The van der Waals surface area contributed by atoms with Gasteiger partial charge in [-0.05, 0) is 28.8 Å². The molecule has 0 aliphatic carbocycles. The summed E-state index contributed by atoms with van der Waals surface area (Å²) in [4.78, 5) is 0. The van der Waals surface area contributed by atoms with Crippen molar-refractivity contribution in [2.45, 2.75) is 64.3 Å². The van der Waals surface area contributed by atoms with Gasteiger partial charge >= 0.3 is 0 Å². The first-order valence-electron chi connectivity index (χ1n) is 8.78. The van der Waals surface area contributed by atoms with Crippen LogP contribution in [-0.2, 0) is 4.74 Å². The molecule has 0 aromatic heterocycles. The van der Waals surface area contributed by atoms with Crippen molar-refractivity contribution in [3.8, 4) is 17.2 Å². The number of halogens is 1. The highest BCUT2D eigenvalue weighted by atomic mass is 79.9. The quantitative estimate of drug-likeness (QED) is 0.345. The van der Waals surface area contributed by atoms with Crippen LogP contribution in [0.2, 0.25) is 16.6 Å². The monoisotopic (exact) mass is 426 g/mol. The summed E-state index contributed by atoms with van der Waals surface area (Å²) in [5.41, 5.74) is 5.96. The molecule has 25 heavy (non-hydrogen) atoms. The summed E-state index contributed by atoms with van der Waals surface area (Å²) in [7, 11) is -0.266. The highest BCUT2D eigenvalue weighted by molar-refractivity contribution is 9.10. The third kappa shape index (κ3) is 5.34. The van der Waals surface area contributed by atoms with E-state index in [1.54, 1.807) is 7.11 Å². The smallest absolute Gasteiger partial charge is 0.188 e. The standard InChI is InChI=1S/C20H31BrO3Si/c1-14(2)25(15(3)4,16(5)6)11-10-20(22)18-9-8-17(12-19(18)21)24-13-23-7/h8-9,12,14-16,20,22H,13H2,1-7H3. The lowest BCUT2D eigenvalue weighted by Gasteiger charge is -2.38. The van der Waals surface area contributed by atoms with E-state index in [-0.39, 0.29) is 6.79 Å². The Morgan fingerprint density at radius 2 is 1.64 bits per heavy atom. The average molecular weight is 427 g/mol. The maximum atomic E-state index is 10.6. The van der Waals surface area contributed by atoms with Crippen molar-refractivity contribution in [1.82, 2.24) is 0 Å². The van der Waals surface area contributed by atoms with E-state index >= 15 is 0 Å². The minimum Gasteiger partial charge on any atom is -0.468 e. The predicted molar refractivity (Wildman–Crippen MR) is 110 cm³/mol. The molecule has 0 heterocycles. The van der Waals surface area contributed by atoms with Crippen LogP contribution in [0.1, 0.15) is 53.2 Å². The summed E-state index contributed by atoms with van der Waals surface area (Å²) in [5.74, 6) is 3.85. The molecule has 0 fully saturated rings. The van der Waals surface area contributed by atoms with Crippen LogP contribution in [0.5, 0.6) is 5.75 Å². The van der Waals surface area contributed by atoms with Crippen LogP contribution in [-0.4, -0.2) is 27.1 Å². The van der Waals surface area contributed by atoms with Crippen LogP contribution in [0.4, 0.5) is 0 Å². The Labute approximate surface area is 162 Å². The summed E-state index contributed by atoms with van der Waals surface area (Å²) < 4.78 is 11.1. The second kappa shape index (κ2) is 9.77. The van der Waals surface area contributed by atoms with E-state index in [1.165, 1.54) is 0 Å². The second-order valence-corrected chi connectivity index (χ2v) is 13.7. The van der Waals surface area contributed by atoms with Gasteiger partial charge in [-0.1, -0.05) is 69.5 Å². The largest absolute Gasteiger partial charge is 0.468 e. The van der Waals surface area contributed by atoms with Crippen LogP contribution >= 0.6 is 15.9 Å². The van der Waals surface area contributed by atoms with Crippen molar-refractivity contribution in [2.24, 2.45) is 0 Å². The molecule has 0 aliphatic rings. The van der Waals surface area contributed by atoms with E-state index in [9.17, 15) is 5.11 Å². The summed E-state index contributed by atoms with van der Waals surface area (Å²) in [6, 6.07) is 5.50. The minimum absolute atomic E-state index is 0.194. The first-order valence-corrected chi connectivity index (χ1v) is 11.8. The number of rotatable bonds is 7. The number of hydrogen-bond acceptors (Lipinski definition) is 3. The predicted octanol–water partition coefficient (Wildman–Crippen LogP) is 5.69. The Morgan fingerprint density at radius 3 is 2.08 bits per heavy atom. The van der Waals surface area contributed by atoms with Gasteiger partial charge in [-0.3, -0.25) is 0 Å². The summed E-state index contributed by atoms with van der Waals surface area (Å²) in [5, 5.41) is 10.6. The van der Waals surface area contributed by atoms with Gasteiger partial charge in [0.15, 0.2) is 6.79 Å². The molecular weight excluding hydrogens is 396 g/mol.